The molecule has 2 fully saturated rings. The van der Waals surface area contributed by atoms with Crippen LogP contribution in [0.25, 0.3) is 38.4 Å². The number of ketones is 1. The van der Waals surface area contributed by atoms with Gasteiger partial charge in [-0.2, -0.15) is 4.98 Å². The van der Waals surface area contributed by atoms with Gasteiger partial charge in [0.25, 0.3) is 0 Å². The Bertz CT molecular complexity index is 3410. The molecule has 0 spiro atoms. The number of pyridine rings is 1. The normalized spacial score (nSPS) is 17.2. The van der Waals surface area contributed by atoms with Gasteiger partial charge in [-0.15, -0.1) is 11.3 Å². The highest BCUT2D eigenvalue weighted by atomic mass is 32.1. The van der Waals surface area contributed by atoms with E-state index in [1.54, 1.807) is 46.3 Å². The molecule has 5 heterocycles. The van der Waals surface area contributed by atoms with Gasteiger partial charge in [0.2, 0.25) is 23.6 Å². The van der Waals surface area contributed by atoms with Crippen molar-refractivity contribution in [2.45, 2.75) is 143 Å². The minimum atomic E-state index is -0.974. The molecule has 20 heteroatoms. The first-order chi connectivity index (χ1) is 39.1. The number of hydrogen-bond acceptors (Lipinski definition) is 13. The Kier molecular flexibility index (Phi) is 19.2. The van der Waals surface area contributed by atoms with Crippen LogP contribution in [0.15, 0.2) is 89.7 Å². The monoisotopic (exact) mass is 1140 g/mol. The lowest BCUT2D eigenvalue weighted by Gasteiger charge is -2.40. The van der Waals surface area contributed by atoms with Gasteiger partial charge in [-0.1, -0.05) is 95.6 Å². The summed E-state index contributed by atoms with van der Waals surface area (Å²) in [6.07, 6.45) is 3.85. The second kappa shape index (κ2) is 26.0. The number of β-amino-alcohol motifs (C(OH)–C–C–N with tert-alkyl or cyclic N) is 1. The Morgan fingerprint density at radius 3 is 2.27 bits per heavy atom. The Labute approximate surface area is 480 Å². The summed E-state index contributed by atoms with van der Waals surface area (Å²) in [4.78, 5) is 101. The summed E-state index contributed by atoms with van der Waals surface area (Å²) in [5, 5.41) is 27.5. The summed E-state index contributed by atoms with van der Waals surface area (Å²) in [6, 6.07) is 16.1. The molecular weight excluding hydrogens is 1070 g/mol. The molecule has 6 aromatic rings. The van der Waals surface area contributed by atoms with E-state index in [1.807, 2.05) is 40.1 Å². The van der Waals surface area contributed by atoms with Gasteiger partial charge in [0.05, 0.1) is 44.9 Å². The fraction of sp³-hybridized carbons (Fsp3) is 0.435. The van der Waals surface area contributed by atoms with E-state index in [4.69, 9.17) is 0 Å². The number of amides is 4. The third-order valence-electron chi connectivity index (χ3n) is 15.7. The Hall–Kier alpha value is -7.71. The van der Waals surface area contributed by atoms with Gasteiger partial charge in [0, 0.05) is 64.4 Å². The topological polar surface area (TPSA) is 220 Å². The van der Waals surface area contributed by atoms with Crippen LogP contribution in [0.5, 0.6) is 5.75 Å². The van der Waals surface area contributed by atoms with Crippen LogP contribution >= 0.6 is 11.3 Å². The van der Waals surface area contributed by atoms with Gasteiger partial charge >= 0.3 is 5.69 Å². The van der Waals surface area contributed by atoms with Crippen LogP contribution in [0.1, 0.15) is 121 Å². The molecule has 5 atom stereocenters. The Morgan fingerprint density at radius 1 is 0.902 bits per heavy atom. The maximum atomic E-state index is 16.3. The molecule has 3 aromatic carbocycles. The number of aromatic hydroxyl groups is 1. The van der Waals surface area contributed by atoms with Crippen LogP contribution in [-0.2, 0) is 30.5 Å². The van der Waals surface area contributed by atoms with E-state index < -0.39 is 63.8 Å². The number of carbonyl (C=O) groups is 5. The van der Waals surface area contributed by atoms with Crippen molar-refractivity contribution < 1.29 is 43.0 Å². The lowest BCUT2D eigenvalue weighted by Crippen LogP contribution is -2.56. The molecule has 0 unspecified atom stereocenters. The van der Waals surface area contributed by atoms with E-state index in [1.165, 1.54) is 27.7 Å². The molecule has 4 N–H and O–H groups in total. The number of likely N-dealkylation sites (tertiary alicyclic amines) is 1. The first kappa shape index (κ1) is 60.4. The van der Waals surface area contributed by atoms with Gasteiger partial charge in [-0.25, -0.2) is 28.1 Å². The third-order valence-corrected chi connectivity index (χ3v) is 16.6. The van der Waals surface area contributed by atoms with Crippen molar-refractivity contribution in [3.05, 3.63) is 129 Å². The average Bonchev–Trinajstić information content (AvgIpc) is 3.06. The third kappa shape index (κ3) is 13.6. The Balaban J connectivity index is 0.865. The number of benzene rings is 3. The molecular formula is C62H73F2N9O8S. The number of phenolic OH excluding ortho intramolecular Hbond substituents is 1. The Morgan fingerprint density at radius 2 is 1.61 bits per heavy atom. The lowest BCUT2D eigenvalue weighted by molar-refractivity contribution is -0.143. The average molecular weight is 1140 g/mol. The number of thiazole rings is 1. The molecule has 2 aliphatic heterocycles. The number of phenols is 1. The predicted molar refractivity (Wildman–Crippen MR) is 312 cm³/mol. The number of nitrogens with one attached hydrogen (secondary N) is 2. The number of nitrogens with zero attached hydrogens (tertiary/aromatic N) is 7. The van der Waals surface area contributed by atoms with Crippen LogP contribution in [-0.4, -0.2) is 119 Å². The smallest absolute Gasteiger partial charge is 0.355 e. The number of para-hydroxylation sites is 1. The fourth-order valence-electron chi connectivity index (χ4n) is 11.1. The fourth-order valence-corrected chi connectivity index (χ4v) is 11.9. The number of unbranched alkanes of at least 4 members (excludes halogenated alkanes) is 3. The number of rotatable bonds is 21. The van der Waals surface area contributed by atoms with Gasteiger partial charge in [-0.05, 0) is 97.9 Å². The largest absolute Gasteiger partial charge is 0.507 e. The maximum absolute atomic E-state index is 16.3. The number of fused-ring (bicyclic) bond motifs is 1. The van der Waals surface area contributed by atoms with Gasteiger partial charge < -0.3 is 35.5 Å². The summed E-state index contributed by atoms with van der Waals surface area (Å²) in [7, 11) is 0. The first-order valence-electron chi connectivity index (χ1n) is 28.0. The van der Waals surface area contributed by atoms with E-state index in [-0.39, 0.29) is 111 Å². The number of hydrogen-bond donors (Lipinski definition) is 4. The minimum absolute atomic E-state index is 0.000792. The molecule has 0 aliphatic carbocycles. The molecule has 17 nitrogen and oxygen atoms in total. The molecule has 0 saturated carbocycles. The quantitative estimate of drug-likeness (QED) is 0.0392. The van der Waals surface area contributed by atoms with Gasteiger partial charge in [0.1, 0.15) is 29.1 Å². The van der Waals surface area contributed by atoms with Crippen LogP contribution < -0.4 is 21.2 Å². The van der Waals surface area contributed by atoms with E-state index in [0.29, 0.717) is 48.9 Å². The number of piperazine rings is 1. The van der Waals surface area contributed by atoms with Crippen molar-refractivity contribution in [2.75, 3.05) is 31.1 Å². The zero-order valence-corrected chi connectivity index (χ0v) is 48.5. The van der Waals surface area contributed by atoms with Gasteiger partial charge in [0.15, 0.2) is 17.2 Å². The van der Waals surface area contributed by atoms with E-state index in [0.717, 1.165) is 33.8 Å². The molecule has 8 rings (SSSR count). The second-order valence-corrected chi connectivity index (χ2v) is 23.6. The van der Waals surface area contributed by atoms with Crippen molar-refractivity contribution in [3.63, 3.8) is 0 Å². The molecule has 3 aromatic heterocycles. The number of carbonyl (C=O) groups excluding carboxylic acids is 5. The minimum Gasteiger partial charge on any atom is -0.507 e. The first-order valence-corrected chi connectivity index (χ1v) is 28.9. The number of aliphatic hydroxyl groups excluding tert-OH is 1. The number of halogens is 2. The van der Waals surface area contributed by atoms with Crippen molar-refractivity contribution >= 4 is 57.6 Å². The van der Waals surface area contributed by atoms with Crippen molar-refractivity contribution in [3.8, 4) is 33.1 Å². The standard InChI is InChI=1S/C62H73F2N9O8S/c1-9-52(79)70-28-29-71(38(4)33-70)58-44-31-46(64)54(53-45(63)18-15-19-49(53)76)68-59(44)73(61(81)69-58)55-37(3)16-14-17-42(55)32-65-50(77)20-12-10-11-13-21-51(78)67-57(62(6,7)8)60(80)72-34-43(74)30-47(72)48(75)27-22-36(2)40-23-25-41(26-24-40)56-39(5)66-35-82-56/h9,14-19,23-26,31,35-36,38,43,47,57,74,76H,1,10-13,20-22,27-30,32-34H2,2-8H3,(H,65,77)(H,67,78)/t36-,38+,43-,47+,57-/m1/s1. The van der Waals surface area contributed by atoms with Crippen molar-refractivity contribution in [1.29, 1.82) is 0 Å². The highest BCUT2D eigenvalue weighted by Gasteiger charge is 2.44. The molecule has 2 saturated heterocycles. The van der Waals surface area contributed by atoms with Crippen LogP contribution in [0, 0.1) is 30.9 Å². The zero-order chi connectivity index (χ0) is 59.2. The van der Waals surface area contributed by atoms with E-state index >= 15 is 8.78 Å². The van der Waals surface area contributed by atoms with Crippen LogP contribution in [0.3, 0.4) is 0 Å². The number of anilines is 1. The highest BCUT2D eigenvalue weighted by Crippen LogP contribution is 2.37. The predicted octanol–water partition coefficient (Wildman–Crippen LogP) is 9.00. The summed E-state index contributed by atoms with van der Waals surface area (Å²) in [5.41, 5.74) is 3.82. The van der Waals surface area contributed by atoms with E-state index in [9.17, 15) is 39.0 Å². The summed E-state index contributed by atoms with van der Waals surface area (Å²) in [6.45, 7) is 17.5. The van der Waals surface area contributed by atoms with E-state index in [2.05, 4.69) is 63.4 Å². The van der Waals surface area contributed by atoms with Crippen molar-refractivity contribution in [2.24, 2.45) is 5.41 Å². The zero-order valence-electron chi connectivity index (χ0n) is 47.6. The number of aliphatic hydroxyl groups is 1. The number of aryl methyl sites for hydroxylation is 2. The molecule has 2 aliphatic rings. The second-order valence-electron chi connectivity index (χ2n) is 22.7. The summed E-state index contributed by atoms with van der Waals surface area (Å²) < 4.78 is 32.9. The molecule has 0 bridgehead atoms. The van der Waals surface area contributed by atoms with Crippen molar-refractivity contribution in [1.82, 2.24) is 40.0 Å². The van der Waals surface area contributed by atoms with Crippen LogP contribution in [0.4, 0.5) is 14.6 Å². The number of aromatic nitrogens is 4. The summed E-state index contributed by atoms with van der Waals surface area (Å²) >= 11 is 1.59. The maximum Gasteiger partial charge on any atom is 0.355 e. The van der Waals surface area contributed by atoms with Crippen LogP contribution in [0.2, 0.25) is 0 Å². The lowest BCUT2D eigenvalue weighted by atomic mass is 9.85. The SMILES string of the molecule is C=CC(=O)N1CCN(c2nc(=O)n(-c3c(C)cccc3CNC(=O)CCCCCCC(=O)N[C@H](C(=O)N3C[C@H](O)C[C@H]3C(=O)CC[C@@H](C)c3ccc(-c4scnc4C)cc3)C(C)(C)C)c3nc(-c4c(O)cccc4F)c(F)cc23)[C@@H](C)C1. The number of Topliss-reactive ketones (excluding diaryl/α,β-unsaturated/α-hetero) is 1. The summed E-state index contributed by atoms with van der Waals surface area (Å²) in [5.74, 6) is -3.65. The molecule has 82 heavy (non-hydrogen) atoms. The van der Waals surface area contributed by atoms with Gasteiger partial charge in [-0.3, -0.25) is 24.0 Å². The molecule has 434 valence electrons. The molecule has 0 radical (unpaired) electrons. The molecule has 4 amide bonds. The highest BCUT2D eigenvalue weighted by molar-refractivity contribution is 7.13.